The van der Waals surface area contributed by atoms with Crippen molar-refractivity contribution in [3.05, 3.63) is 47.6 Å². The highest BCUT2D eigenvalue weighted by atomic mass is 16.5. The van der Waals surface area contributed by atoms with E-state index in [1.165, 1.54) is 0 Å². The zero-order chi connectivity index (χ0) is 16.1. The van der Waals surface area contributed by atoms with Crippen molar-refractivity contribution in [2.45, 2.75) is 32.9 Å². The summed E-state index contributed by atoms with van der Waals surface area (Å²) in [6.45, 7) is 4.84. The lowest BCUT2D eigenvalue weighted by atomic mass is 9.96. The van der Waals surface area contributed by atoms with E-state index in [9.17, 15) is 4.79 Å². The molecule has 1 saturated heterocycles. The minimum absolute atomic E-state index is 0.0967. The van der Waals surface area contributed by atoms with Crippen molar-refractivity contribution >= 4 is 5.91 Å². The van der Waals surface area contributed by atoms with Gasteiger partial charge in [-0.25, -0.2) is 0 Å². The molecule has 0 atom stereocenters. The largest absolute Gasteiger partial charge is 0.352 e. The lowest BCUT2D eigenvalue weighted by Gasteiger charge is -2.30. The summed E-state index contributed by atoms with van der Waals surface area (Å²) in [4.78, 5) is 18.8. The molecular formula is C17H22N4O2. The molecule has 1 aromatic carbocycles. The lowest BCUT2D eigenvalue weighted by Crippen LogP contribution is -2.40. The fourth-order valence-electron chi connectivity index (χ4n) is 2.88. The van der Waals surface area contributed by atoms with Gasteiger partial charge in [-0.15, -0.1) is 0 Å². The number of carbonyl (C=O) groups excluding carboxylic acids is 1. The van der Waals surface area contributed by atoms with Crippen molar-refractivity contribution in [2.24, 2.45) is 5.92 Å². The van der Waals surface area contributed by atoms with E-state index >= 15 is 0 Å². The van der Waals surface area contributed by atoms with Gasteiger partial charge >= 0.3 is 0 Å². The Labute approximate surface area is 135 Å². The molecule has 0 saturated carbocycles. The second-order valence-electron chi connectivity index (χ2n) is 5.99. The van der Waals surface area contributed by atoms with E-state index in [4.69, 9.17) is 4.52 Å². The Bertz CT molecular complexity index is 633. The van der Waals surface area contributed by atoms with Crippen molar-refractivity contribution in [3.8, 4) is 0 Å². The van der Waals surface area contributed by atoms with Crippen LogP contribution in [0, 0.1) is 12.8 Å². The van der Waals surface area contributed by atoms with Gasteiger partial charge in [0, 0.05) is 12.5 Å². The molecule has 1 amide bonds. The molecule has 1 aromatic heterocycles. The average molecular weight is 314 g/mol. The van der Waals surface area contributed by atoms with Crippen LogP contribution < -0.4 is 5.32 Å². The fraction of sp³-hybridized carbons (Fsp3) is 0.471. The molecule has 6 heteroatoms. The molecule has 3 rings (SSSR count). The highest BCUT2D eigenvalue weighted by Gasteiger charge is 2.25. The molecule has 6 nitrogen and oxygen atoms in total. The summed E-state index contributed by atoms with van der Waals surface area (Å²) in [7, 11) is 0. The van der Waals surface area contributed by atoms with Gasteiger partial charge in [0.15, 0.2) is 5.82 Å². The summed E-state index contributed by atoms with van der Waals surface area (Å²) in [5, 5.41) is 6.84. The predicted octanol–water partition coefficient (Wildman–Crippen LogP) is 1.91. The van der Waals surface area contributed by atoms with Crippen LogP contribution in [-0.2, 0) is 17.9 Å². The third-order valence-electron chi connectivity index (χ3n) is 4.20. The molecule has 2 aromatic rings. The monoisotopic (exact) mass is 314 g/mol. The number of hydrogen-bond donors (Lipinski definition) is 1. The molecule has 23 heavy (non-hydrogen) atoms. The number of benzene rings is 1. The van der Waals surface area contributed by atoms with Crippen LogP contribution in [0.5, 0.6) is 0 Å². The summed E-state index contributed by atoms with van der Waals surface area (Å²) < 4.78 is 5.15. The minimum Gasteiger partial charge on any atom is -0.352 e. The standard InChI is InChI=1S/C17H22N4O2/c1-13-19-16(23-20-13)12-21-9-7-15(8-10-21)17(22)18-11-14-5-3-2-4-6-14/h2-6,15H,7-12H2,1H3,(H,18,22). The summed E-state index contributed by atoms with van der Waals surface area (Å²) in [5.74, 6) is 1.56. The number of aromatic nitrogens is 2. The number of nitrogens with one attached hydrogen (secondary N) is 1. The molecule has 0 spiro atoms. The molecule has 1 aliphatic rings. The van der Waals surface area contributed by atoms with Crippen molar-refractivity contribution < 1.29 is 9.32 Å². The van der Waals surface area contributed by atoms with Crippen LogP contribution in [0.3, 0.4) is 0 Å². The summed E-state index contributed by atoms with van der Waals surface area (Å²) >= 11 is 0. The number of rotatable bonds is 5. The van der Waals surface area contributed by atoms with Gasteiger partial charge in [0.1, 0.15) is 0 Å². The van der Waals surface area contributed by atoms with E-state index in [-0.39, 0.29) is 11.8 Å². The summed E-state index contributed by atoms with van der Waals surface area (Å²) in [5.41, 5.74) is 1.13. The number of hydrogen-bond acceptors (Lipinski definition) is 5. The maximum Gasteiger partial charge on any atom is 0.240 e. The first kappa shape index (κ1) is 15.7. The number of nitrogens with zero attached hydrogens (tertiary/aromatic N) is 3. The maximum absolute atomic E-state index is 12.3. The van der Waals surface area contributed by atoms with Gasteiger partial charge in [-0.1, -0.05) is 35.5 Å². The van der Waals surface area contributed by atoms with Crippen LogP contribution in [0.25, 0.3) is 0 Å². The number of piperidine rings is 1. The Morgan fingerprint density at radius 1 is 1.30 bits per heavy atom. The van der Waals surface area contributed by atoms with E-state index < -0.39 is 0 Å². The molecular weight excluding hydrogens is 292 g/mol. The van der Waals surface area contributed by atoms with Gasteiger partial charge in [0.05, 0.1) is 6.54 Å². The minimum atomic E-state index is 0.0967. The van der Waals surface area contributed by atoms with Gasteiger partial charge < -0.3 is 9.84 Å². The van der Waals surface area contributed by atoms with Crippen LogP contribution >= 0.6 is 0 Å². The second-order valence-corrected chi connectivity index (χ2v) is 5.99. The predicted molar refractivity (Wildman–Crippen MR) is 85.3 cm³/mol. The van der Waals surface area contributed by atoms with E-state index in [0.717, 1.165) is 31.5 Å². The van der Waals surface area contributed by atoms with E-state index in [1.54, 1.807) is 0 Å². The highest BCUT2D eigenvalue weighted by Crippen LogP contribution is 2.19. The smallest absolute Gasteiger partial charge is 0.240 e. The Hall–Kier alpha value is -2.21. The highest BCUT2D eigenvalue weighted by molar-refractivity contribution is 5.78. The molecule has 122 valence electrons. The first-order chi connectivity index (χ1) is 11.2. The van der Waals surface area contributed by atoms with Crippen LogP contribution in [0.4, 0.5) is 0 Å². The number of amides is 1. The molecule has 0 radical (unpaired) electrons. The van der Waals surface area contributed by atoms with Crippen LogP contribution in [-0.4, -0.2) is 34.0 Å². The van der Waals surface area contributed by atoms with Crippen molar-refractivity contribution in [3.63, 3.8) is 0 Å². The molecule has 1 fully saturated rings. The quantitative estimate of drug-likeness (QED) is 0.913. The van der Waals surface area contributed by atoms with E-state index in [0.29, 0.717) is 24.8 Å². The molecule has 1 N–H and O–H groups in total. The lowest BCUT2D eigenvalue weighted by molar-refractivity contribution is -0.126. The van der Waals surface area contributed by atoms with Gasteiger partial charge in [-0.3, -0.25) is 9.69 Å². The zero-order valence-corrected chi connectivity index (χ0v) is 13.4. The topological polar surface area (TPSA) is 71.3 Å². The van der Waals surface area contributed by atoms with Gasteiger partial charge in [-0.05, 0) is 38.4 Å². The molecule has 0 unspecified atom stereocenters. The Morgan fingerprint density at radius 2 is 2.04 bits per heavy atom. The van der Waals surface area contributed by atoms with Crippen LogP contribution in [0.2, 0.25) is 0 Å². The number of carbonyl (C=O) groups is 1. The van der Waals surface area contributed by atoms with Gasteiger partial charge in [0.2, 0.25) is 11.8 Å². The van der Waals surface area contributed by atoms with E-state index in [1.807, 2.05) is 37.3 Å². The first-order valence-corrected chi connectivity index (χ1v) is 8.04. The Morgan fingerprint density at radius 3 is 2.70 bits per heavy atom. The Balaban J connectivity index is 1.42. The van der Waals surface area contributed by atoms with Crippen LogP contribution in [0.1, 0.15) is 30.1 Å². The molecule has 0 aliphatic carbocycles. The van der Waals surface area contributed by atoms with Crippen molar-refractivity contribution in [1.29, 1.82) is 0 Å². The van der Waals surface area contributed by atoms with Crippen molar-refractivity contribution in [2.75, 3.05) is 13.1 Å². The Kier molecular flexibility index (Phi) is 5.02. The molecule has 0 bridgehead atoms. The van der Waals surface area contributed by atoms with E-state index in [2.05, 4.69) is 20.4 Å². The SMILES string of the molecule is Cc1noc(CN2CCC(C(=O)NCc3ccccc3)CC2)n1. The first-order valence-electron chi connectivity index (χ1n) is 8.04. The fourth-order valence-corrected chi connectivity index (χ4v) is 2.88. The summed E-state index contributed by atoms with van der Waals surface area (Å²) in [6.07, 6.45) is 1.74. The summed E-state index contributed by atoms with van der Waals surface area (Å²) in [6, 6.07) is 9.99. The van der Waals surface area contributed by atoms with Crippen molar-refractivity contribution in [1.82, 2.24) is 20.4 Å². The second kappa shape index (κ2) is 7.37. The third kappa shape index (κ3) is 4.39. The maximum atomic E-state index is 12.3. The third-order valence-corrected chi connectivity index (χ3v) is 4.20. The molecule has 2 heterocycles. The number of aryl methyl sites for hydroxylation is 1. The average Bonchev–Trinajstić information content (AvgIpc) is 2.99. The van der Waals surface area contributed by atoms with Crippen LogP contribution in [0.15, 0.2) is 34.9 Å². The van der Waals surface area contributed by atoms with Gasteiger partial charge in [-0.2, -0.15) is 4.98 Å². The number of likely N-dealkylation sites (tertiary alicyclic amines) is 1. The normalized spacial score (nSPS) is 16.4. The van der Waals surface area contributed by atoms with Gasteiger partial charge in [0.25, 0.3) is 0 Å². The molecule has 1 aliphatic heterocycles. The zero-order valence-electron chi connectivity index (χ0n) is 13.4.